The Morgan fingerprint density at radius 1 is 1.04 bits per heavy atom. The molecule has 0 saturated heterocycles. The first kappa shape index (κ1) is 15.2. The van der Waals surface area contributed by atoms with Gasteiger partial charge >= 0.3 is 0 Å². The molecule has 0 spiro atoms. The fourth-order valence-corrected chi connectivity index (χ4v) is 6.08. The van der Waals surface area contributed by atoms with E-state index in [0.29, 0.717) is 5.92 Å². The summed E-state index contributed by atoms with van der Waals surface area (Å²) in [5.74, 6) is 1.68. The van der Waals surface area contributed by atoms with Gasteiger partial charge in [0.25, 0.3) is 0 Å². The van der Waals surface area contributed by atoms with Gasteiger partial charge in [0.1, 0.15) is 10.4 Å². The van der Waals surface area contributed by atoms with Gasteiger partial charge in [0.15, 0.2) is 5.82 Å². The minimum Gasteiger partial charge on any atom is -0.252 e. The van der Waals surface area contributed by atoms with Gasteiger partial charge in [-0.2, -0.15) is 0 Å². The van der Waals surface area contributed by atoms with Crippen LogP contribution in [0.4, 0.5) is 0 Å². The Morgan fingerprint density at radius 2 is 1.83 bits per heavy atom. The molecule has 4 nitrogen and oxygen atoms in total. The van der Waals surface area contributed by atoms with Gasteiger partial charge < -0.3 is 0 Å². The Kier molecular flexibility index (Phi) is 3.79. The van der Waals surface area contributed by atoms with Crippen LogP contribution in [0, 0.1) is 0 Å². The molecule has 1 saturated carbocycles. The molecule has 0 bridgehead atoms. The van der Waals surface area contributed by atoms with Crippen LogP contribution in [0.3, 0.4) is 0 Å². The fraction of sp³-hybridized carbons (Fsp3) is 0.412. The number of halogens is 1. The molecule has 2 aliphatic heterocycles. The second-order valence-electron chi connectivity index (χ2n) is 6.43. The summed E-state index contributed by atoms with van der Waals surface area (Å²) in [7, 11) is 0. The number of fused-ring (bicyclic) bond motifs is 3. The van der Waals surface area contributed by atoms with Crippen molar-refractivity contribution in [1.29, 1.82) is 0 Å². The molecule has 1 aromatic heterocycles. The van der Waals surface area contributed by atoms with E-state index in [4.69, 9.17) is 11.6 Å². The highest BCUT2D eigenvalue weighted by Crippen LogP contribution is 2.52. The van der Waals surface area contributed by atoms with Crippen LogP contribution in [-0.4, -0.2) is 14.9 Å². The lowest BCUT2D eigenvalue weighted by molar-refractivity contribution is 0.411. The quantitative estimate of drug-likeness (QED) is 0.713. The average molecular weight is 377 g/mol. The summed E-state index contributed by atoms with van der Waals surface area (Å²) in [5, 5.41) is 16.9. The highest BCUT2D eigenvalue weighted by molar-refractivity contribution is 8.07. The molecule has 3 aliphatic rings. The van der Waals surface area contributed by atoms with Crippen molar-refractivity contribution >= 4 is 35.1 Å². The van der Waals surface area contributed by atoms with Gasteiger partial charge in [-0.1, -0.05) is 54.8 Å². The molecule has 0 radical (unpaired) electrons. The largest absolute Gasteiger partial charge is 0.252 e. The Morgan fingerprint density at radius 3 is 2.62 bits per heavy atom. The molecule has 1 aromatic carbocycles. The van der Waals surface area contributed by atoms with E-state index in [2.05, 4.69) is 37.4 Å². The van der Waals surface area contributed by atoms with Gasteiger partial charge in [-0.05, 0) is 42.3 Å². The van der Waals surface area contributed by atoms with Crippen molar-refractivity contribution in [3.05, 3.63) is 51.1 Å². The van der Waals surface area contributed by atoms with Crippen LogP contribution < -0.4 is 5.01 Å². The first-order chi connectivity index (χ1) is 11.8. The van der Waals surface area contributed by atoms with Crippen LogP contribution in [0.25, 0.3) is 0 Å². The van der Waals surface area contributed by atoms with Crippen molar-refractivity contribution in [3.63, 3.8) is 0 Å². The highest BCUT2D eigenvalue weighted by atomic mass is 35.5. The normalized spacial score (nSPS) is 23.3. The summed E-state index contributed by atoms with van der Waals surface area (Å²) < 4.78 is 2.27. The second kappa shape index (κ2) is 6.00. The first-order valence-corrected chi connectivity index (χ1v) is 10.5. The van der Waals surface area contributed by atoms with Gasteiger partial charge in [0, 0.05) is 16.3 Å². The van der Waals surface area contributed by atoms with Crippen LogP contribution in [-0.2, 0) is 0 Å². The molecular formula is C17H17ClN4S2. The Hall–Kier alpha value is -1.11. The zero-order chi connectivity index (χ0) is 16.1. The number of benzene rings is 1. The van der Waals surface area contributed by atoms with Crippen molar-refractivity contribution in [2.24, 2.45) is 0 Å². The number of aromatic nitrogens is 3. The van der Waals surface area contributed by atoms with Crippen LogP contribution in [0.2, 0.25) is 5.02 Å². The first-order valence-electron chi connectivity index (χ1n) is 8.35. The Labute approximate surface area is 154 Å². The Balaban J connectivity index is 1.53. The molecule has 0 N–H and O–H groups in total. The van der Waals surface area contributed by atoms with Crippen molar-refractivity contribution in [2.45, 2.75) is 48.6 Å². The molecule has 3 heterocycles. The maximum Gasteiger partial charge on any atom is 0.216 e. The minimum atomic E-state index is 0.226. The van der Waals surface area contributed by atoms with E-state index in [1.807, 2.05) is 23.9 Å². The van der Waals surface area contributed by atoms with E-state index in [-0.39, 0.29) is 5.37 Å². The van der Waals surface area contributed by atoms with Crippen LogP contribution >= 0.6 is 35.1 Å². The summed E-state index contributed by atoms with van der Waals surface area (Å²) in [4.78, 5) is 0. The molecule has 7 heteroatoms. The third kappa shape index (κ3) is 2.38. The predicted molar refractivity (Wildman–Crippen MR) is 99.8 cm³/mol. The SMILES string of the molecule is Clc1ccc(C2SC=C3Sc4nnc(C5CCCCC5)n4N32)cc1. The summed E-state index contributed by atoms with van der Waals surface area (Å²) >= 11 is 9.62. The van der Waals surface area contributed by atoms with Gasteiger partial charge in [-0.3, -0.25) is 5.01 Å². The van der Waals surface area contributed by atoms with Gasteiger partial charge in [-0.25, -0.2) is 4.68 Å². The Bertz CT molecular complexity index is 795. The second-order valence-corrected chi connectivity index (χ2v) is 8.81. The van der Waals surface area contributed by atoms with Crippen LogP contribution in [0.15, 0.2) is 39.9 Å². The van der Waals surface area contributed by atoms with Gasteiger partial charge in [-0.15, -0.1) is 10.2 Å². The molecule has 1 fully saturated rings. The standard InChI is InChI=1S/C17H17ClN4S2/c18-13-8-6-12(7-9-13)16-21-14(10-23-16)24-17-20-19-15(22(17)21)11-4-2-1-3-5-11/h6-11,16H,1-5H2. The number of rotatable bonds is 2. The van der Waals surface area contributed by atoms with Crippen molar-refractivity contribution in [3.8, 4) is 0 Å². The third-order valence-corrected chi connectivity index (χ3v) is 7.36. The maximum atomic E-state index is 6.06. The molecule has 2 aromatic rings. The summed E-state index contributed by atoms with van der Waals surface area (Å²) in [6, 6.07) is 8.16. The molecule has 1 unspecified atom stereocenters. The number of hydrogen-bond acceptors (Lipinski definition) is 5. The maximum absolute atomic E-state index is 6.06. The van der Waals surface area contributed by atoms with Gasteiger partial charge in [0.05, 0.1) is 0 Å². The third-order valence-electron chi connectivity index (χ3n) is 4.92. The molecule has 1 aliphatic carbocycles. The van der Waals surface area contributed by atoms with E-state index in [9.17, 15) is 0 Å². The lowest BCUT2D eigenvalue weighted by Crippen LogP contribution is -2.31. The van der Waals surface area contributed by atoms with E-state index in [0.717, 1.165) is 16.0 Å². The van der Waals surface area contributed by atoms with E-state index >= 15 is 0 Å². The lowest BCUT2D eigenvalue weighted by Gasteiger charge is -2.28. The monoisotopic (exact) mass is 376 g/mol. The summed E-state index contributed by atoms with van der Waals surface area (Å²) in [5.41, 5.74) is 1.26. The molecule has 124 valence electrons. The number of thioether (sulfide) groups is 2. The average Bonchev–Trinajstić information content (AvgIpc) is 3.27. The van der Waals surface area contributed by atoms with Crippen LogP contribution in [0.5, 0.6) is 0 Å². The zero-order valence-corrected chi connectivity index (χ0v) is 15.4. The van der Waals surface area contributed by atoms with Gasteiger partial charge in [0.2, 0.25) is 5.16 Å². The van der Waals surface area contributed by atoms with Crippen molar-refractivity contribution in [2.75, 3.05) is 5.01 Å². The smallest absolute Gasteiger partial charge is 0.216 e. The highest BCUT2D eigenvalue weighted by Gasteiger charge is 2.40. The molecule has 1 atom stereocenters. The summed E-state index contributed by atoms with van der Waals surface area (Å²) in [6.45, 7) is 0. The predicted octanol–water partition coefficient (Wildman–Crippen LogP) is 5.27. The van der Waals surface area contributed by atoms with E-state index < -0.39 is 0 Å². The number of nitrogens with zero attached hydrogens (tertiary/aromatic N) is 4. The van der Waals surface area contributed by atoms with E-state index in [1.165, 1.54) is 42.7 Å². The number of hydrogen-bond donors (Lipinski definition) is 0. The molecule has 5 rings (SSSR count). The van der Waals surface area contributed by atoms with Crippen molar-refractivity contribution < 1.29 is 0 Å². The van der Waals surface area contributed by atoms with E-state index in [1.54, 1.807) is 11.8 Å². The molecule has 24 heavy (non-hydrogen) atoms. The lowest BCUT2D eigenvalue weighted by atomic mass is 9.89. The molecular weight excluding hydrogens is 360 g/mol. The topological polar surface area (TPSA) is 34.0 Å². The molecule has 0 amide bonds. The fourth-order valence-electron chi connectivity index (χ4n) is 3.72. The van der Waals surface area contributed by atoms with Crippen molar-refractivity contribution in [1.82, 2.24) is 14.9 Å². The minimum absolute atomic E-state index is 0.226. The van der Waals surface area contributed by atoms with Crippen LogP contribution in [0.1, 0.15) is 54.8 Å². The zero-order valence-electron chi connectivity index (χ0n) is 13.1. The summed E-state index contributed by atoms with van der Waals surface area (Å²) in [6.07, 6.45) is 6.42.